The van der Waals surface area contributed by atoms with E-state index in [9.17, 15) is 16.8 Å². The van der Waals surface area contributed by atoms with Crippen molar-refractivity contribution in [1.29, 1.82) is 0 Å². The summed E-state index contributed by atoms with van der Waals surface area (Å²) in [4.78, 5) is -0.254. The summed E-state index contributed by atoms with van der Waals surface area (Å²) < 4.78 is 57.0. The second kappa shape index (κ2) is 4.61. The van der Waals surface area contributed by atoms with Crippen LogP contribution in [0.3, 0.4) is 0 Å². The van der Waals surface area contributed by atoms with E-state index in [1.165, 1.54) is 24.3 Å². The molecular weight excluding hydrogens is 270 g/mol. The van der Waals surface area contributed by atoms with Gasteiger partial charge in [-0.2, -0.15) is 8.42 Å². The Kier molecular flexibility index (Phi) is 3.77. The molecule has 9 heteroatoms. The van der Waals surface area contributed by atoms with Crippen LogP contribution in [0.15, 0.2) is 29.2 Å². The van der Waals surface area contributed by atoms with E-state index >= 15 is 0 Å². The maximum atomic E-state index is 11.9. The van der Waals surface area contributed by atoms with Crippen LogP contribution in [0, 0.1) is 0 Å². The summed E-state index contributed by atoms with van der Waals surface area (Å²) in [5.41, 5.74) is 3.67. The standard InChI is InChI=1S/C8H11NO6S2/c1-6(15-17(12,13)14)16(10,11)8-5-3-2-4-7(8)9/h2-6H,9H2,1H3,(H,12,13,14). The highest BCUT2D eigenvalue weighted by molar-refractivity contribution is 7.92. The van der Waals surface area contributed by atoms with E-state index in [0.717, 1.165) is 6.92 Å². The molecule has 3 N–H and O–H groups in total. The zero-order valence-corrected chi connectivity index (χ0v) is 10.4. The van der Waals surface area contributed by atoms with E-state index in [2.05, 4.69) is 4.18 Å². The molecule has 0 heterocycles. The summed E-state index contributed by atoms with van der Waals surface area (Å²) in [6.07, 6.45) is 0. The van der Waals surface area contributed by atoms with Crippen LogP contribution in [-0.4, -0.2) is 26.8 Å². The molecule has 0 fully saturated rings. The first-order chi connectivity index (χ1) is 7.64. The fraction of sp³-hybridized carbons (Fsp3) is 0.250. The molecule has 1 aromatic carbocycles. The van der Waals surface area contributed by atoms with Crippen molar-refractivity contribution in [2.24, 2.45) is 0 Å². The van der Waals surface area contributed by atoms with Crippen molar-refractivity contribution in [1.82, 2.24) is 0 Å². The normalized spacial score (nSPS) is 14.5. The third kappa shape index (κ3) is 3.40. The lowest BCUT2D eigenvalue weighted by Crippen LogP contribution is -2.25. The predicted molar refractivity (Wildman–Crippen MR) is 60.1 cm³/mol. The van der Waals surface area contributed by atoms with Crippen molar-refractivity contribution < 1.29 is 25.6 Å². The summed E-state index contributed by atoms with van der Waals surface area (Å²) >= 11 is 0. The maximum absolute atomic E-state index is 11.9. The summed E-state index contributed by atoms with van der Waals surface area (Å²) in [6.45, 7) is 0.982. The molecule has 1 aromatic rings. The smallest absolute Gasteiger partial charge is 0.398 e. The predicted octanol–water partition coefficient (Wildman–Crippen LogP) is 0.208. The number of anilines is 1. The summed E-state index contributed by atoms with van der Waals surface area (Å²) in [6, 6.07) is 5.54. The number of hydrogen-bond donors (Lipinski definition) is 2. The van der Waals surface area contributed by atoms with E-state index in [-0.39, 0.29) is 10.6 Å². The summed E-state index contributed by atoms with van der Waals surface area (Å²) in [5.74, 6) is 0. The molecule has 1 unspecified atom stereocenters. The minimum atomic E-state index is -4.85. The van der Waals surface area contributed by atoms with Crippen molar-refractivity contribution >= 4 is 25.9 Å². The van der Waals surface area contributed by atoms with Crippen LogP contribution in [-0.2, 0) is 24.4 Å². The van der Waals surface area contributed by atoms with Gasteiger partial charge >= 0.3 is 10.4 Å². The summed E-state index contributed by atoms with van der Waals surface area (Å²) in [7, 11) is -8.94. The molecule has 96 valence electrons. The van der Waals surface area contributed by atoms with Crippen molar-refractivity contribution in [2.75, 3.05) is 5.73 Å². The van der Waals surface area contributed by atoms with E-state index < -0.39 is 25.7 Å². The highest BCUT2D eigenvalue weighted by Crippen LogP contribution is 2.23. The molecule has 0 aliphatic carbocycles. The molecular formula is C8H11NO6S2. The number of nitrogen functional groups attached to an aromatic ring is 1. The molecule has 1 atom stereocenters. The Labute approximate surface area is 99.1 Å². The quantitative estimate of drug-likeness (QED) is 0.597. The number of hydrogen-bond acceptors (Lipinski definition) is 6. The van der Waals surface area contributed by atoms with E-state index in [1.54, 1.807) is 0 Å². The van der Waals surface area contributed by atoms with Gasteiger partial charge in [0.2, 0.25) is 9.84 Å². The Morgan fingerprint density at radius 3 is 2.24 bits per heavy atom. The second-order valence-electron chi connectivity index (χ2n) is 3.17. The fourth-order valence-corrected chi connectivity index (χ4v) is 3.22. The third-order valence-corrected chi connectivity index (χ3v) is 4.53. The van der Waals surface area contributed by atoms with Crippen molar-refractivity contribution in [2.45, 2.75) is 17.3 Å². The van der Waals surface area contributed by atoms with Gasteiger partial charge in [0.25, 0.3) is 0 Å². The average molecular weight is 281 g/mol. The number of benzene rings is 1. The van der Waals surface area contributed by atoms with Crippen LogP contribution in [0.4, 0.5) is 5.69 Å². The number of sulfone groups is 1. The lowest BCUT2D eigenvalue weighted by atomic mass is 10.3. The SMILES string of the molecule is CC(OS(=O)(=O)O)S(=O)(=O)c1ccccc1N. The summed E-state index contributed by atoms with van der Waals surface area (Å²) in [5, 5.41) is 0. The van der Waals surface area contributed by atoms with Gasteiger partial charge in [-0.25, -0.2) is 12.6 Å². The first-order valence-corrected chi connectivity index (χ1v) is 7.30. The van der Waals surface area contributed by atoms with E-state index in [1.807, 2.05) is 0 Å². The van der Waals surface area contributed by atoms with Gasteiger partial charge in [-0.05, 0) is 19.1 Å². The van der Waals surface area contributed by atoms with Crippen molar-refractivity contribution in [3.63, 3.8) is 0 Å². The highest BCUT2D eigenvalue weighted by atomic mass is 32.3. The Morgan fingerprint density at radius 1 is 1.24 bits per heavy atom. The molecule has 0 aliphatic heterocycles. The van der Waals surface area contributed by atoms with Gasteiger partial charge in [0.05, 0.1) is 10.6 Å². The van der Waals surface area contributed by atoms with Crippen LogP contribution in [0.2, 0.25) is 0 Å². The Bertz CT molecular complexity index is 607. The van der Waals surface area contributed by atoms with Gasteiger partial charge in [0.1, 0.15) is 0 Å². The average Bonchev–Trinajstić information content (AvgIpc) is 2.15. The molecule has 0 aliphatic rings. The lowest BCUT2D eigenvalue weighted by molar-refractivity contribution is 0.251. The Balaban J connectivity index is 3.17. The lowest BCUT2D eigenvalue weighted by Gasteiger charge is -2.12. The minimum Gasteiger partial charge on any atom is -0.398 e. The topological polar surface area (TPSA) is 124 Å². The van der Waals surface area contributed by atoms with Crippen LogP contribution < -0.4 is 5.73 Å². The molecule has 0 bridgehead atoms. The van der Waals surface area contributed by atoms with Crippen LogP contribution >= 0.6 is 0 Å². The van der Waals surface area contributed by atoms with Crippen LogP contribution in [0.1, 0.15) is 6.92 Å². The van der Waals surface area contributed by atoms with E-state index in [4.69, 9.17) is 10.3 Å². The number of nitrogens with two attached hydrogens (primary N) is 1. The highest BCUT2D eigenvalue weighted by Gasteiger charge is 2.29. The second-order valence-corrected chi connectivity index (χ2v) is 6.42. The molecule has 0 amide bonds. The maximum Gasteiger partial charge on any atom is 0.398 e. The molecule has 1 rings (SSSR count). The minimum absolute atomic E-state index is 0.0294. The molecule has 0 saturated heterocycles. The Morgan fingerprint density at radius 2 is 1.76 bits per heavy atom. The van der Waals surface area contributed by atoms with Gasteiger partial charge in [0.15, 0.2) is 5.44 Å². The Hall–Kier alpha value is -1.16. The van der Waals surface area contributed by atoms with Gasteiger partial charge in [-0.15, -0.1) is 0 Å². The number of rotatable bonds is 4. The van der Waals surface area contributed by atoms with Crippen LogP contribution in [0.5, 0.6) is 0 Å². The molecule has 7 nitrogen and oxygen atoms in total. The van der Waals surface area contributed by atoms with Gasteiger partial charge in [0, 0.05) is 0 Å². The van der Waals surface area contributed by atoms with Gasteiger partial charge < -0.3 is 5.73 Å². The molecule has 0 aromatic heterocycles. The number of para-hydroxylation sites is 1. The monoisotopic (exact) mass is 281 g/mol. The van der Waals surface area contributed by atoms with Crippen LogP contribution in [0.25, 0.3) is 0 Å². The molecule has 17 heavy (non-hydrogen) atoms. The third-order valence-electron chi connectivity index (χ3n) is 1.92. The fourth-order valence-electron chi connectivity index (χ4n) is 1.14. The molecule has 0 radical (unpaired) electrons. The molecule has 0 spiro atoms. The van der Waals surface area contributed by atoms with Crippen molar-refractivity contribution in [3.8, 4) is 0 Å². The van der Waals surface area contributed by atoms with Crippen molar-refractivity contribution in [3.05, 3.63) is 24.3 Å². The first-order valence-electron chi connectivity index (χ1n) is 4.38. The van der Waals surface area contributed by atoms with Gasteiger partial charge in [-0.1, -0.05) is 12.1 Å². The largest absolute Gasteiger partial charge is 0.398 e. The van der Waals surface area contributed by atoms with E-state index in [0.29, 0.717) is 0 Å². The van der Waals surface area contributed by atoms with Gasteiger partial charge in [-0.3, -0.25) is 4.55 Å². The first kappa shape index (κ1) is 13.9. The zero-order valence-electron chi connectivity index (χ0n) is 8.77. The molecule has 0 saturated carbocycles. The zero-order chi connectivity index (χ0) is 13.3.